The van der Waals surface area contributed by atoms with Crippen molar-refractivity contribution in [1.29, 1.82) is 0 Å². The third kappa shape index (κ3) is 1.70. The van der Waals surface area contributed by atoms with Crippen molar-refractivity contribution in [3.63, 3.8) is 0 Å². The second-order valence-corrected chi connectivity index (χ2v) is 2.62. The average molecular weight is 152 g/mol. The summed E-state index contributed by atoms with van der Waals surface area (Å²) in [5.41, 5.74) is 0. The van der Waals surface area contributed by atoms with Gasteiger partial charge in [0.2, 0.25) is 0 Å². The fourth-order valence-corrected chi connectivity index (χ4v) is 1.03. The smallest absolute Gasteiger partial charge is 0.165 e. The summed E-state index contributed by atoms with van der Waals surface area (Å²) in [6, 6.07) is 0. The number of rotatable bonds is 1. The fourth-order valence-electron chi connectivity index (χ4n) is 1.03. The minimum absolute atomic E-state index is 0.0452. The Morgan fingerprint density at radius 1 is 1.64 bits per heavy atom. The molecule has 2 nitrogen and oxygen atoms in total. The van der Waals surface area contributed by atoms with Crippen molar-refractivity contribution in [1.82, 2.24) is 0 Å². The standard InChI is InChI=1S/C9H12O2/c1-3-4-9-7(2)8(10)5-6-11-9/h3-7,9H,1-2H3/b4-3+/t7-,9-/m1/s1. The molecule has 1 rings (SSSR count). The third-order valence-electron chi connectivity index (χ3n) is 1.79. The van der Waals surface area contributed by atoms with E-state index in [4.69, 9.17) is 4.74 Å². The van der Waals surface area contributed by atoms with Gasteiger partial charge in [-0.2, -0.15) is 0 Å². The first-order chi connectivity index (χ1) is 5.25. The molecule has 0 aliphatic carbocycles. The molecule has 0 aromatic heterocycles. The SMILES string of the molecule is C/C=C/[C@H]1OC=CC(=O)[C@H]1C. The lowest BCUT2D eigenvalue weighted by atomic mass is 9.97. The maximum Gasteiger partial charge on any atom is 0.165 e. The summed E-state index contributed by atoms with van der Waals surface area (Å²) in [5, 5.41) is 0. The van der Waals surface area contributed by atoms with Crippen LogP contribution < -0.4 is 0 Å². The summed E-state index contributed by atoms with van der Waals surface area (Å²) in [6.07, 6.45) is 6.66. The molecule has 0 saturated heterocycles. The zero-order valence-corrected chi connectivity index (χ0v) is 6.78. The van der Waals surface area contributed by atoms with E-state index in [9.17, 15) is 4.79 Å². The van der Waals surface area contributed by atoms with Gasteiger partial charge in [-0.25, -0.2) is 0 Å². The van der Waals surface area contributed by atoms with E-state index in [0.717, 1.165) is 0 Å². The van der Waals surface area contributed by atoms with Crippen molar-refractivity contribution in [2.45, 2.75) is 20.0 Å². The highest BCUT2D eigenvalue weighted by Crippen LogP contribution is 2.15. The molecule has 0 saturated carbocycles. The van der Waals surface area contributed by atoms with Crippen LogP contribution in [0.3, 0.4) is 0 Å². The van der Waals surface area contributed by atoms with Gasteiger partial charge in [0.05, 0.1) is 12.2 Å². The van der Waals surface area contributed by atoms with Crippen LogP contribution in [0.2, 0.25) is 0 Å². The van der Waals surface area contributed by atoms with Crippen LogP contribution in [0.15, 0.2) is 24.5 Å². The van der Waals surface area contributed by atoms with Crippen LogP contribution in [0.5, 0.6) is 0 Å². The lowest BCUT2D eigenvalue weighted by Gasteiger charge is -2.21. The predicted octanol–water partition coefficient (Wildman–Crippen LogP) is 1.68. The average Bonchev–Trinajstić information content (AvgIpc) is 1.99. The molecule has 0 bridgehead atoms. The molecule has 0 aromatic rings. The molecule has 2 heteroatoms. The van der Waals surface area contributed by atoms with Gasteiger partial charge in [0, 0.05) is 6.08 Å². The quantitative estimate of drug-likeness (QED) is 0.534. The Kier molecular flexibility index (Phi) is 2.47. The number of hydrogen-bond acceptors (Lipinski definition) is 2. The zero-order chi connectivity index (χ0) is 8.27. The zero-order valence-electron chi connectivity index (χ0n) is 6.78. The molecular formula is C9H12O2. The first-order valence-electron chi connectivity index (χ1n) is 3.74. The first kappa shape index (κ1) is 8.05. The molecule has 1 heterocycles. The molecule has 60 valence electrons. The number of allylic oxidation sites excluding steroid dienone is 2. The van der Waals surface area contributed by atoms with Crippen molar-refractivity contribution in [3.8, 4) is 0 Å². The van der Waals surface area contributed by atoms with Gasteiger partial charge in [0.1, 0.15) is 6.10 Å². The highest BCUT2D eigenvalue weighted by molar-refractivity contribution is 5.92. The van der Waals surface area contributed by atoms with E-state index in [-0.39, 0.29) is 17.8 Å². The Hall–Kier alpha value is -1.05. The second-order valence-electron chi connectivity index (χ2n) is 2.62. The van der Waals surface area contributed by atoms with E-state index in [1.54, 1.807) is 0 Å². The maximum atomic E-state index is 11.1. The van der Waals surface area contributed by atoms with Crippen LogP contribution >= 0.6 is 0 Å². The van der Waals surface area contributed by atoms with Crippen molar-refractivity contribution in [3.05, 3.63) is 24.5 Å². The predicted molar refractivity (Wildman–Crippen MR) is 43.0 cm³/mol. The lowest BCUT2D eigenvalue weighted by Crippen LogP contribution is -2.27. The fraction of sp³-hybridized carbons (Fsp3) is 0.444. The number of carbonyl (C=O) groups is 1. The van der Waals surface area contributed by atoms with Gasteiger partial charge < -0.3 is 4.74 Å². The van der Waals surface area contributed by atoms with Gasteiger partial charge in [0.15, 0.2) is 5.78 Å². The molecule has 0 amide bonds. The summed E-state index contributed by atoms with van der Waals surface area (Å²) in [7, 11) is 0. The largest absolute Gasteiger partial charge is 0.493 e. The van der Waals surface area contributed by atoms with Crippen molar-refractivity contribution in [2.24, 2.45) is 5.92 Å². The highest BCUT2D eigenvalue weighted by Gasteiger charge is 2.23. The molecule has 0 N–H and O–H groups in total. The Labute approximate surface area is 66.5 Å². The van der Waals surface area contributed by atoms with Gasteiger partial charge >= 0.3 is 0 Å². The van der Waals surface area contributed by atoms with Gasteiger partial charge in [-0.3, -0.25) is 4.79 Å². The third-order valence-corrected chi connectivity index (χ3v) is 1.79. The van der Waals surface area contributed by atoms with E-state index < -0.39 is 0 Å². The molecule has 1 aliphatic rings. The lowest BCUT2D eigenvalue weighted by molar-refractivity contribution is -0.121. The summed E-state index contributed by atoms with van der Waals surface area (Å²) in [4.78, 5) is 11.1. The van der Waals surface area contributed by atoms with E-state index in [1.165, 1.54) is 12.3 Å². The first-order valence-corrected chi connectivity index (χ1v) is 3.74. The Balaban J connectivity index is 2.70. The van der Waals surface area contributed by atoms with Gasteiger partial charge in [-0.15, -0.1) is 0 Å². The second kappa shape index (κ2) is 3.37. The van der Waals surface area contributed by atoms with Crippen molar-refractivity contribution >= 4 is 5.78 Å². The Bertz CT molecular complexity index is 204. The minimum atomic E-state index is -0.0718. The normalized spacial score (nSPS) is 30.9. The summed E-state index contributed by atoms with van der Waals surface area (Å²) in [5.74, 6) is 0.0931. The van der Waals surface area contributed by atoms with Crippen LogP contribution in [0.25, 0.3) is 0 Å². The summed E-state index contributed by atoms with van der Waals surface area (Å²) >= 11 is 0. The molecule has 0 fully saturated rings. The molecule has 0 unspecified atom stereocenters. The van der Waals surface area contributed by atoms with E-state index in [1.807, 2.05) is 26.0 Å². The number of ether oxygens (including phenoxy) is 1. The number of ketones is 1. The molecule has 0 radical (unpaired) electrons. The van der Waals surface area contributed by atoms with Crippen LogP contribution in [0.1, 0.15) is 13.8 Å². The van der Waals surface area contributed by atoms with Crippen molar-refractivity contribution in [2.75, 3.05) is 0 Å². The Morgan fingerprint density at radius 2 is 2.36 bits per heavy atom. The van der Waals surface area contributed by atoms with Gasteiger partial charge in [0.25, 0.3) is 0 Å². The molecule has 0 aromatic carbocycles. The summed E-state index contributed by atoms with van der Waals surface area (Å²) < 4.78 is 5.21. The maximum absolute atomic E-state index is 11.1. The van der Waals surface area contributed by atoms with Crippen LogP contribution in [0.4, 0.5) is 0 Å². The Morgan fingerprint density at radius 3 is 3.00 bits per heavy atom. The van der Waals surface area contributed by atoms with Gasteiger partial charge in [-0.1, -0.05) is 13.0 Å². The van der Waals surface area contributed by atoms with E-state index in [2.05, 4.69) is 0 Å². The van der Waals surface area contributed by atoms with E-state index in [0.29, 0.717) is 0 Å². The summed E-state index contributed by atoms with van der Waals surface area (Å²) in [6.45, 7) is 3.79. The van der Waals surface area contributed by atoms with Crippen LogP contribution in [-0.4, -0.2) is 11.9 Å². The highest BCUT2D eigenvalue weighted by atomic mass is 16.5. The molecule has 1 aliphatic heterocycles. The molecule has 2 atom stereocenters. The van der Waals surface area contributed by atoms with Crippen molar-refractivity contribution < 1.29 is 9.53 Å². The molecular weight excluding hydrogens is 140 g/mol. The topological polar surface area (TPSA) is 26.3 Å². The van der Waals surface area contributed by atoms with Crippen LogP contribution in [0, 0.1) is 5.92 Å². The van der Waals surface area contributed by atoms with E-state index >= 15 is 0 Å². The molecule has 0 spiro atoms. The monoisotopic (exact) mass is 152 g/mol. The van der Waals surface area contributed by atoms with Gasteiger partial charge in [-0.05, 0) is 13.0 Å². The number of carbonyl (C=O) groups excluding carboxylic acids is 1. The van der Waals surface area contributed by atoms with Crippen LogP contribution in [-0.2, 0) is 9.53 Å². The number of hydrogen-bond donors (Lipinski definition) is 0. The molecule has 11 heavy (non-hydrogen) atoms. The minimum Gasteiger partial charge on any atom is -0.493 e.